The number of hydrogen-bond donors (Lipinski definition) is 1. The van der Waals surface area contributed by atoms with Crippen molar-refractivity contribution in [1.82, 2.24) is 5.32 Å². The molecule has 90 valence electrons. The lowest BCUT2D eigenvalue weighted by Crippen LogP contribution is -2.46. The van der Waals surface area contributed by atoms with Gasteiger partial charge in [-0.1, -0.05) is 47.0 Å². The zero-order valence-electron chi connectivity index (χ0n) is 11.1. The quantitative estimate of drug-likeness (QED) is 0.700. The summed E-state index contributed by atoms with van der Waals surface area (Å²) in [6, 6.07) is 0.741. The molecule has 0 spiro atoms. The lowest BCUT2D eigenvalue weighted by Gasteiger charge is -2.39. The van der Waals surface area contributed by atoms with E-state index >= 15 is 0 Å². The van der Waals surface area contributed by atoms with Gasteiger partial charge < -0.3 is 5.32 Å². The van der Waals surface area contributed by atoms with Crippen LogP contribution in [0.25, 0.3) is 0 Å². The van der Waals surface area contributed by atoms with E-state index in [1.165, 1.54) is 38.5 Å². The topological polar surface area (TPSA) is 12.0 Å². The largest absolute Gasteiger partial charge is 0.313 e. The summed E-state index contributed by atoms with van der Waals surface area (Å²) in [7, 11) is 0. The molecule has 0 radical (unpaired) electrons. The Morgan fingerprint density at radius 2 is 1.80 bits per heavy atom. The van der Waals surface area contributed by atoms with Crippen molar-refractivity contribution in [3.05, 3.63) is 0 Å². The van der Waals surface area contributed by atoms with Crippen LogP contribution in [-0.4, -0.2) is 12.6 Å². The second-order valence-corrected chi connectivity index (χ2v) is 5.66. The predicted octanol–water partition coefficient (Wildman–Crippen LogP) is 3.98. The van der Waals surface area contributed by atoms with Crippen LogP contribution in [0.1, 0.15) is 66.2 Å². The molecule has 1 aliphatic carbocycles. The molecule has 1 nitrogen and oxygen atoms in total. The van der Waals surface area contributed by atoms with Crippen molar-refractivity contribution in [2.24, 2.45) is 11.3 Å². The molecule has 1 rings (SSSR count). The van der Waals surface area contributed by atoms with Crippen LogP contribution in [0.5, 0.6) is 0 Å². The zero-order chi connectivity index (χ0) is 11.3. The maximum absolute atomic E-state index is 3.75. The molecule has 0 amide bonds. The van der Waals surface area contributed by atoms with Gasteiger partial charge in [0.2, 0.25) is 0 Å². The molecular weight excluding hydrogens is 182 g/mol. The summed E-state index contributed by atoms with van der Waals surface area (Å²) in [5.74, 6) is 0.832. The molecule has 0 aromatic carbocycles. The third kappa shape index (κ3) is 3.21. The fourth-order valence-corrected chi connectivity index (χ4v) is 3.47. The molecule has 1 heteroatoms. The van der Waals surface area contributed by atoms with E-state index in [1.807, 2.05) is 0 Å². The van der Waals surface area contributed by atoms with Crippen molar-refractivity contribution >= 4 is 0 Å². The van der Waals surface area contributed by atoms with Crippen LogP contribution in [0.3, 0.4) is 0 Å². The first-order valence-electron chi connectivity index (χ1n) is 6.87. The van der Waals surface area contributed by atoms with Crippen LogP contribution in [-0.2, 0) is 0 Å². The number of nitrogens with one attached hydrogen (secondary N) is 1. The summed E-state index contributed by atoms with van der Waals surface area (Å²) in [5, 5.41) is 3.75. The van der Waals surface area contributed by atoms with Crippen LogP contribution < -0.4 is 5.32 Å². The fraction of sp³-hybridized carbons (Fsp3) is 1.00. The van der Waals surface area contributed by atoms with Crippen LogP contribution >= 0.6 is 0 Å². The Kier molecular flexibility index (Phi) is 5.11. The first-order chi connectivity index (χ1) is 7.14. The Balaban J connectivity index is 2.62. The molecule has 1 fully saturated rings. The highest BCUT2D eigenvalue weighted by Gasteiger charge is 2.38. The average molecular weight is 211 g/mol. The van der Waals surface area contributed by atoms with E-state index in [9.17, 15) is 0 Å². The molecular formula is C14H29N. The second kappa shape index (κ2) is 5.89. The first kappa shape index (κ1) is 13.0. The monoisotopic (exact) mass is 211 g/mol. The van der Waals surface area contributed by atoms with Gasteiger partial charge in [-0.2, -0.15) is 0 Å². The smallest absolute Gasteiger partial charge is 0.0146 e. The average Bonchev–Trinajstić information content (AvgIpc) is 2.62. The lowest BCUT2D eigenvalue weighted by molar-refractivity contribution is 0.162. The summed E-state index contributed by atoms with van der Waals surface area (Å²) in [4.78, 5) is 0. The third-order valence-electron chi connectivity index (χ3n) is 4.23. The standard InChI is InChI=1S/C14H29N/c1-5-9-12(3)13(15-6-2)14(4)10-7-8-11-14/h12-13,15H,5-11H2,1-4H3. The van der Waals surface area contributed by atoms with E-state index in [2.05, 4.69) is 33.0 Å². The van der Waals surface area contributed by atoms with E-state index in [4.69, 9.17) is 0 Å². The molecule has 1 saturated carbocycles. The molecule has 0 aromatic rings. The first-order valence-corrected chi connectivity index (χ1v) is 6.87. The molecule has 0 aliphatic heterocycles. The van der Waals surface area contributed by atoms with Gasteiger partial charge in [-0.15, -0.1) is 0 Å². The molecule has 0 heterocycles. The Hall–Kier alpha value is -0.0400. The highest BCUT2D eigenvalue weighted by molar-refractivity contribution is 4.93. The summed E-state index contributed by atoms with van der Waals surface area (Å²) < 4.78 is 0. The Bertz CT molecular complexity index is 170. The van der Waals surface area contributed by atoms with Gasteiger partial charge in [-0.05, 0) is 37.1 Å². The van der Waals surface area contributed by atoms with Gasteiger partial charge in [0.1, 0.15) is 0 Å². The van der Waals surface area contributed by atoms with Crippen LogP contribution in [0.2, 0.25) is 0 Å². The van der Waals surface area contributed by atoms with Crippen molar-refractivity contribution < 1.29 is 0 Å². The SMILES string of the molecule is CCCC(C)C(NCC)C1(C)CCCC1. The highest BCUT2D eigenvalue weighted by Crippen LogP contribution is 2.43. The predicted molar refractivity (Wildman–Crippen MR) is 68.1 cm³/mol. The molecule has 2 atom stereocenters. The summed E-state index contributed by atoms with van der Waals surface area (Å²) in [6.45, 7) is 10.6. The van der Waals surface area contributed by atoms with E-state index in [1.54, 1.807) is 0 Å². The molecule has 15 heavy (non-hydrogen) atoms. The number of hydrogen-bond acceptors (Lipinski definition) is 1. The van der Waals surface area contributed by atoms with Crippen LogP contribution in [0.4, 0.5) is 0 Å². The Labute approximate surface area is 96.0 Å². The van der Waals surface area contributed by atoms with Gasteiger partial charge in [0, 0.05) is 6.04 Å². The molecule has 0 aromatic heterocycles. The van der Waals surface area contributed by atoms with Crippen molar-refractivity contribution in [1.29, 1.82) is 0 Å². The van der Waals surface area contributed by atoms with Gasteiger partial charge in [-0.25, -0.2) is 0 Å². The van der Waals surface area contributed by atoms with Gasteiger partial charge >= 0.3 is 0 Å². The number of rotatable bonds is 6. The second-order valence-electron chi connectivity index (χ2n) is 5.66. The van der Waals surface area contributed by atoms with Crippen LogP contribution in [0, 0.1) is 11.3 Å². The maximum atomic E-state index is 3.75. The molecule has 1 aliphatic rings. The van der Waals surface area contributed by atoms with Gasteiger partial charge in [0.05, 0.1) is 0 Å². The zero-order valence-corrected chi connectivity index (χ0v) is 11.1. The van der Waals surface area contributed by atoms with E-state index in [0.717, 1.165) is 18.5 Å². The fourth-order valence-electron chi connectivity index (χ4n) is 3.47. The van der Waals surface area contributed by atoms with E-state index in [0.29, 0.717) is 5.41 Å². The third-order valence-corrected chi connectivity index (χ3v) is 4.23. The molecule has 0 saturated heterocycles. The Morgan fingerprint density at radius 1 is 1.20 bits per heavy atom. The van der Waals surface area contributed by atoms with Crippen molar-refractivity contribution in [3.8, 4) is 0 Å². The minimum atomic E-state index is 0.574. The minimum Gasteiger partial charge on any atom is -0.313 e. The van der Waals surface area contributed by atoms with Crippen molar-refractivity contribution in [2.45, 2.75) is 72.3 Å². The summed E-state index contributed by atoms with van der Waals surface area (Å²) >= 11 is 0. The van der Waals surface area contributed by atoms with E-state index < -0.39 is 0 Å². The lowest BCUT2D eigenvalue weighted by atomic mass is 9.74. The van der Waals surface area contributed by atoms with Crippen molar-refractivity contribution in [2.75, 3.05) is 6.54 Å². The normalized spacial score (nSPS) is 24.0. The molecule has 2 unspecified atom stereocenters. The minimum absolute atomic E-state index is 0.574. The highest BCUT2D eigenvalue weighted by atomic mass is 14.9. The summed E-state index contributed by atoms with van der Waals surface area (Å²) in [5.41, 5.74) is 0.574. The molecule has 1 N–H and O–H groups in total. The van der Waals surface area contributed by atoms with Gasteiger partial charge in [0.15, 0.2) is 0 Å². The van der Waals surface area contributed by atoms with Gasteiger partial charge in [0.25, 0.3) is 0 Å². The van der Waals surface area contributed by atoms with Gasteiger partial charge in [-0.3, -0.25) is 0 Å². The Morgan fingerprint density at radius 3 is 2.27 bits per heavy atom. The van der Waals surface area contributed by atoms with Crippen molar-refractivity contribution in [3.63, 3.8) is 0 Å². The van der Waals surface area contributed by atoms with Crippen LogP contribution in [0.15, 0.2) is 0 Å². The maximum Gasteiger partial charge on any atom is 0.0146 e. The summed E-state index contributed by atoms with van der Waals surface area (Å²) in [6.07, 6.45) is 8.43. The molecule has 0 bridgehead atoms. The van der Waals surface area contributed by atoms with E-state index in [-0.39, 0.29) is 0 Å².